The Morgan fingerprint density at radius 3 is 1.50 bits per heavy atom. The van der Waals surface area contributed by atoms with Crippen molar-refractivity contribution in [2.75, 3.05) is 10.6 Å². The van der Waals surface area contributed by atoms with Crippen molar-refractivity contribution < 1.29 is 9.59 Å². The third kappa shape index (κ3) is 3.38. The molecule has 2 heterocycles. The highest BCUT2D eigenvalue weighted by Crippen LogP contribution is 2.32. The summed E-state index contributed by atoms with van der Waals surface area (Å²) >= 11 is 3.20. The summed E-state index contributed by atoms with van der Waals surface area (Å²) in [5.74, 6) is -0.131. The summed E-state index contributed by atoms with van der Waals surface area (Å²) in [5, 5.41) is 5.89. The molecule has 0 saturated carbocycles. The Kier molecular flexibility index (Phi) is 4.53. The van der Waals surface area contributed by atoms with Gasteiger partial charge < -0.3 is 10.6 Å². The van der Waals surface area contributed by atoms with Gasteiger partial charge in [-0.2, -0.15) is 0 Å². The smallest absolute Gasteiger partial charge is 0.265 e. The lowest BCUT2D eigenvalue weighted by Crippen LogP contribution is -2.12. The second-order valence-corrected chi connectivity index (χ2v) is 9.58. The number of amides is 2. The van der Waals surface area contributed by atoms with Crippen LogP contribution in [0.2, 0.25) is 0 Å². The summed E-state index contributed by atoms with van der Waals surface area (Å²) in [6.45, 7) is 0. The van der Waals surface area contributed by atoms with Crippen molar-refractivity contribution in [3.8, 4) is 0 Å². The lowest BCUT2D eigenvalue weighted by Gasteiger charge is -2.07. The molecule has 142 valence electrons. The fourth-order valence-electron chi connectivity index (χ4n) is 3.90. The number of carbonyl (C=O) groups excluding carboxylic acids is 2. The van der Waals surface area contributed by atoms with Crippen LogP contribution in [0.4, 0.5) is 11.4 Å². The van der Waals surface area contributed by atoms with E-state index in [2.05, 4.69) is 10.6 Å². The maximum Gasteiger partial charge on any atom is 0.265 e. The minimum Gasteiger partial charge on any atom is -0.321 e. The Morgan fingerprint density at radius 2 is 1.11 bits per heavy atom. The highest BCUT2D eigenvalue weighted by molar-refractivity contribution is 7.14. The van der Waals surface area contributed by atoms with Gasteiger partial charge in [-0.1, -0.05) is 0 Å². The fraction of sp³-hybridized carbons (Fsp3) is 0.273. The number of thiophene rings is 2. The maximum absolute atomic E-state index is 12.5. The molecule has 0 saturated heterocycles. The molecule has 0 spiro atoms. The van der Waals surface area contributed by atoms with Gasteiger partial charge in [0, 0.05) is 21.1 Å². The van der Waals surface area contributed by atoms with E-state index in [1.165, 1.54) is 33.7 Å². The first-order valence-corrected chi connectivity index (χ1v) is 11.2. The number of aryl methyl sites for hydroxylation is 4. The van der Waals surface area contributed by atoms with Gasteiger partial charge in [0.15, 0.2) is 0 Å². The molecule has 0 atom stereocenters. The SMILES string of the molecule is O=C(Nc1ccc(NC(=O)c2cc3c(s2)CCC3)cc1)c1cc2c(s1)CCC2. The second kappa shape index (κ2) is 7.18. The van der Waals surface area contributed by atoms with Crippen LogP contribution in [-0.4, -0.2) is 11.8 Å². The second-order valence-electron chi connectivity index (χ2n) is 7.31. The molecular weight excluding hydrogens is 388 g/mol. The van der Waals surface area contributed by atoms with E-state index in [9.17, 15) is 9.59 Å². The molecule has 2 N–H and O–H groups in total. The average molecular weight is 409 g/mol. The van der Waals surface area contributed by atoms with Crippen molar-refractivity contribution >= 4 is 45.9 Å². The third-order valence-electron chi connectivity index (χ3n) is 5.34. The van der Waals surface area contributed by atoms with Gasteiger partial charge in [0.1, 0.15) is 0 Å². The summed E-state index contributed by atoms with van der Waals surface area (Å²) in [7, 11) is 0. The van der Waals surface area contributed by atoms with E-state index in [-0.39, 0.29) is 11.8 Å². The molecule has 6 heteroatoms. The number of benzene rings is 1. The van der Waals surface area contributed by atoms with Crippen LogP contribution in [0.1, 0.15) is 53.1 Å². The lowest BCUT2D eigenvalue weighted by atomic mass is 10.2. The highest BCUT2D eigenvalue weighted by Gasteiger charge is 2.20. The van der Waals surface area contributed by atoms with Crippen LogP contribution in [0, 0.1) is 0 Å². The number of anilines is 2. The van der Waals surface area contributed by atoms with Crippen molar-refractivity contribution in [1.82, 2.24) is 0 Å². The molecule has 1 aromatic carbocycles. The molecule has 3 aromatic rings. The van der Waals surface area contributed by atoms with Crippen LogP contribution in [0.15, 0.2) is 36.4 Å². The monoisotopic (exact) mass is 408 g/mol. The van der Waals surface area contributed by atoms with Crippen LogP contribution in [0.5, 0.6) is 0 Å². The van der Waals surface area contributed by atoms with Crippen LogP contribution < -0.4 is 10.6 Å². The Balaban J connectivity index is 1.22. The first kappa shape index (κ1) is 17.6. The molecule has 5 rings (SSSR count). The zero-order valence-electron chi connectivity index (χ0n) is 15.3. The largest absolute Gasteiger partial charge is 0.321 e. The van der Waals surface area contributed by atoms with E-state index in [1.807, 2.05) is 36.4 Å². The molecular formula is C22H20N2O2S2. The maximum atomic E-state index is 12.5. The normalized spacial score (nSPS) is 14.6. The lowest BCUT2D eigenvalue weighted by molar-refractivity contribution is 0.102. The molecule has 0 radical (unpaired) electrons. The first-order chi connectivity index (χ1) is 13.7. The van der Waals surface area contributed by atoms with Gasteiger partial charge in [-0.15, -0.1) is 22.7 Å². The Hall–Kier alpha value is -2.44. The Labute approximate surface area is 171 Å². The number of hydrogen-bond acceptors (Lipinski definition) is 4. The summed E-state index contributed by atoms with van der Waals surface area (Å²) < 4.78 is 0. The van der Waals surface area contributed by atoms with E-state index in [1.54, 1.807) is 22.7 Å². The van der Waals surface area contributed by atoms with Gasteiger partial charge in [-0.05, 0) is 86.1 Å². The molecule has 2 amide bonds. The predicted molar refractivity (Wildman–Crippen MR) is 115 cm³/mol. The van der Waals surface area contributed by atoms with Crippen molar-refractivity contribution in [2.45, 2.75) is 38.5 Å². The van der Waals surface area contributed by atoms with Gasteiger partial charge in [-0.25, -0.2) is 0 Å². The molecule has 2 aromatic heterocycles. The van der Waals surface area contributed by atoms with Crippen molar-refractivity contribution in [1.29, 1.82) is 0 Å². The van der Waals surface area contributed by atoms with Gasteiger partial charge >= 0.3 is 0 Å². The van der Waals surface area contributed by atoms with Crippen molar-refractivity contribution in [2.24, 2.45) is 0 Å². The standard InChI is InChI=1S/C22H20N2O2S2/c25-21(19-11-13-3-1-5-17(13)27-19)23-15-7-9-16(10-8-15)24-22(26)20-12-14-4-2-6-18(14)28-20/h7-12H,1-6H2,(H,23,25)(H,24,26). The van der Waals surface area contributed by atoms with Crippen molar-refractivity contribution in [3.05, 3.63) is 67.0 Å². The summed E-state index contributed by atoms with van der Waals surface area (Å²) in [6, 6.07) is 11.3. The molecule has 0 fully saturated rings. The third-order valence-corrected chi connectivity index (χ3v) is 7.81. The molecule has 0 unspecified atom stereocenters. The number of hydrogen-bond donors (Lipinski definition) is 2. The number of fused-ring (bicyclic) bond motifs is 2. The number of rotatable bonds is 4. The number of carbonyl (C=O) groups is 2. The van der Waals surface area contributed by atoms with Crippen LogP contribution in [0.3, 0.4) is 0 Å². The quantitative estimate of drug-likeness (QED) is 0.616. The molecule has 0 bridgehead atoms. The van der Waals surface area contributed by atoms with Crippen LogP contribution in [0.25, 0.3) is 0 Å². The summed E-state index contributed by atoms with van der Waals surface area (Å²) in [6.07, 6.45) is 6.75. The van der Waals surface area contributed by atoms with Gasteiger partial charge in [0.2, 0.25) is 0 Å². The summed E-state index contributed by atoms with van der Waals surface area (Å²) in [4.78, 5) is 29.2. The predicted octanol–water partition coefficient (Wildman–Crippen LogP) is 5.29. The minimum absolute atomic E-state index is 0.0655. The molecule has 28 heavy (non-hydrogen) atoms. The van der Waals surface area contributed by atoms with E-state index >= 15 is 0 Å². The minimum atomic E-state index is -0.0655. The topological polar surface area (TPSA) is 58.2 Å². The van der Waals surface area contributed by atoms with Crippen LogP contribution in [-0.2, 0) is 25.7 Å². The van der Waals surface area contributed by atoms with E-state index in [0.717, 1.165) is 46.8 Å². The van der Waals surface area contributed by atoms with Gasteiger partial charge in [0.05, 0.1) is 9.75 Å². The Bertz CT molecular complexity index is 935. The molecule has 0 aliphatic heterocycles. The Morgan fingerprint density at radius 1 is 0.679 bits per heavy atom. The highest BCUT2D eigenvalue weighted by atomic mass is 32.1. The molecule has 4 nitrogen and oxygen atoms in total. The van der Waals surface area contributed by atoms with Gasteiger partial charge in [0.25, 0.3) is 11.8 Å². The van der Waals surface area contributed by atoms with Gasteiger partial charge in [-0.3, -0.25) is 9.59 Å². The van der Waals surface area contributed by atoms with Crippen molar-refractivity contribution in [3.63, 3.8) is 0 Å². The average Bonchev–Trinajstić information content (AvgIpc) is 3.42. The van der Waals surface area contributed by atoms with E-state index in [4.69, 9.17) is 0 Å². The van der Waals surface area contributed by atoms with E-state index < -0.39 is 0 Å². The first-order valence-electron chi connectivity index (χ1n) is 9.62. The zero-order valence-corrected chi connectivity index (χ0v) is 17.0. The van der Waals surface area contributed by atoms with Crippen LogP contribution >= 0.6 is 22.7 Å². The molecule has 2 aliphatic carbocycles. The number of nitrogens with one attached hydrogen (secondary N) is 2. The fourth-order valence-corrected chi connectivity index (χ4v) is 6.20. The summed E-state index contributed by atoms with van der Waals surface area (Å²) in [5.41, 5.74) is 4.11. The molecule has 2 aliphatic rings. The zero-order chi connectivity index (χ0) is 19.1. The van der Waals surface area contributed by atoms with E-state index in [0.29, 0.717) is 0 Å².